The van der Waals surface area contributed by atoms with E-state index in [0.29, 0.717) is 0 Å². The van der Waals surface area contributed by atoms with Gasteiger partial charge in [-0.05, 0) is 36.5 Å². The molecular formula is C22H42O6S3Sn. The van der Waals surface area contributed by atoms with Gasteiger partial charge < -0.3 is 29.7 Å². The van der Waals surface area contributed by atoms with E-state index in [0.717, 1.165) is 55.8 Å². The van der Waals surface area contributed by atoms with Crippen LogP contribution in [0.25, 0.3) is 0 Å². The summed E-state index contributed by atoms with van der Waals surface area (Å²) >= 11 is 5.96. The van der Waals surface area contributed by atoms with Crippen molar-refractivity contribution in [3.8, 4) is 0 Å². The molecule has 32 heavy (non-hydrogen) atoms. The number of carbonyl (C=O) groups excluding carboxylic acids is 3. The Morgan fingerprint density at radius 2 is 0.812 bits per heavy atom. The second-order valence-electron chi connectivity index (χ2n) is 6.44. The van der Waals surface area contributed by atoms with E-state index < -0.39 is 17.9 Å². The molecule has 0 rings (SSSR count). The third-order valence-corrected chi connectivity index (χ3v) is 7.18. The number of hydrogen-bond donors (Lipinski definition) is 0. The Morgan fingerprint density at radius 1 is 0.562 bits per heavy atom. The van der Waals surface area contributed by atoms with Crippen LogP contribution in [0.1, 0.15) is 79.1 Å². The normalized spacial score (nSPS) is 9.31. The van der Waals surface area contributed by atoms with Crippen molar-refractivity contribution in [2.45, 2.75) is 83.5 Å². The maximum absolute atomic E-state index is 9.83. The van der Waals surface area contributed by atoms with Crippen LogP contribution in [0.3, 0.4) is 0 Å². The molecule has 0 aliphatic rings. The molecule has 0 amide bonds. The third-order valence-electron chi connectivity index (χ3n) is 3.12. The molecule has 0 saturated carbocycles. The van der Waals surface area contributed by atoms with E-state index in [4.69, 9.17) is 0 Å². The predicted molar refractivity (Wildman–Crippen MR) is 137 cm³/mol. The molecule has 0 atom stereocenters. The summed E-state index contributed by atoms with van der Waals surface area (Å²) in [6.07, 6.45) is 9.46. The van der Waals surface area contributed by atoms with Gasteiger partial charge in [0.15, 0.2) is 0 Å². The van der Waals surface area contributed by atoms with Gasteiger partial charge in [0.05, 0.1) is 17.9 Å². The zero-order valence-corrected chi connectivity index (χ0v) is 25.6. The van der Waals surface area contributed by atoms with E-state index in [9.17, 15) is 29.7 Å². The first-order chi connectivity index (χ1) is 15.2. The summed E-state index contributed by atoms with van der Waals surface area (Å²) in [6, 6.07) is 0. The molecule has 188 valence electrons. The van der Waals surface area contributed by atoms with Crippen LogP contribution < -0.4 is 15.3 Å². The standard InChI is InChI=1S/3C6H12O2S.C4H9.Sn/c3*1-2-3-4-9-5-6(7)8;1-3-4-2;/h3*2-5H2,1H3,(H,7,8);1,3-4H2,2H3;/q;;;;+3/p-3. The van der Waals surface area contributed by atoms with Crippen molar-refractivity contribution in [3.63, 3.8) is 0 Å². The summed E-state index contributed by atoms with van der Waals surface area (Å²) in [5.74, 6) is 0.336. The molecule has 0 aromatic heterocycles. The molecule has 0 unspecified atom stereocenters. The molecule has 0 radical (unpaired) electrons. The Hall–Kier alpha value is 0.259. The monoisotopic (exact) mass is 618 g/mol. The average molecular weight is 617 g/mol. The van der Waals surface area contributed by atoms with E-state index in [-0.39, 0.29) is 17.3 Å². The van der Waals surface area contributed by atoms with Gasteiger partial charge in [-0.3, -0.25) is 0 Å². The van der Waals surface area contributed by atoms with Crippen molar-refractivity contribution in [1.29, 1.82) is 0 Å². The maximum atomic E-state index is 9.83. The van der Waals surface area contributed by atoms with Crippen LogP contribution in [-0.4, -0.2) is 74.9 Å². The number of unbranched alkanes of at least 4 members (excludes halogenated alkanes) is 4. The van der Waals surface area contributed by atoms with E-state index >= 15 is 0 Å². The summed E-state index contributed by atoms with van der Waals surface area (Å²) in [5.41, 5.74) is 0. The minimum atomic E-state index is -0.962. The van der Waals surface area contributed by atoms with Crippen LogP contribution in [0.4, 0.5) is 0 Å². The molecule has 0 bridgehead atoms. The Bertz CT molecular complexity index is 348. The number of aliphatic carboxylic acids is 3. The summed E-state index contributed by atoms with van der Waals surface area (Å²) in [5, 5.41) is 29.5. The van der Waals surface area contributed by atoms with E-state index in [1.165, 1.54) is 52.6 Å². The van der Waals surface area contributed by atoms with Gasteiger partial charge in [-0.2, -0.15) is 35.3 Å². The van der Waals surface area contributed by atoms with Crippen LogP contribution in [0.5, 0.6) is 0 Å². The zero-order valence-electron chi connectivity index (χ0n) is 20.3. The first-order valence-electron chi connectivity index (χ1n) is 11.2. The van der Waals surface area contributed by atoms with Gasteiger partial charge in [0.25, 0.3) is 0 Å². The van der Waals surface area contributed by atoms with Gasteiger partial charge in [0, 0.05) is 17.3 Å². The minimum absolute atomic E-state index is 0.139. The number of thioether (sulfide) groups is 3. The van der Waals surface area contributed by atoms with Crippen molar-refractivity contribution in [1.82, 2.24) is 0 Å². The molecule has 0 N–H and O–H groups in total. The molecule has 0 spiro atoms. The fourth-order valence-electron chi connectivity index (χ4n) is 1.38. The van der Waals surface area contributed by atoms with Crippen molar-refractivity contribution in [2.75, 3.05) is 34.5 Å². The molecule has 0 aliphatic carbocycles. The Kier molecular flexibility index (Phi) is 47.5. The molecular weight excluding hydrogens is 575 g/mol. The summed E-state index contributed by atoms with van der Waals surface area (Å²) < 4.78 is 1.43. The molecule has 6 nitrogen and oxygen atoms in total. The van der Waals surface area contributed by atoms with E-state index in [1.54, 1.807) is 22.5 Å². The van der Waals surface area contributed by atoms with Crippen molar-refractivity contribution in [3.05, 3.63) is 0 Å². The molecule has 0 aromatic rings. The van der Waals surface area contributed by atoms with E-state index in [1.807, 2.05) is 0 Å². The topological polar surface area (TPSA) is 120 Å². The molecule has 0 saturated heterocycles. The van der Waals surface area contributed by atoms with Gasteiger partial charge in [0.2, 0.25) is 0 Å². The molecule has 0 heterocycles. The van der Waals surface area contributed by atoms with Crippen molar-refractivity contribution < 1.29 is 29.7 Å². The second kappa shape index (κ2) is 38.5. The summed E-state index contributed by atoms with van der Waals surface area (Å²) in [7, 11) is 0. The fourth-order valence-corrected chi connectivity index (χ4v) is 4.80. The van der Waals surface area contributed by atoms with Gasteiger partial charge in [-0.1, -0.05) is 40.0 Å². The van der Waals surface area contributed by atoms with Gasteiger partial charge in [-0.15, -0.1) is 0 Å². The predicted octanol–water partition coefficient (Wildman–Crippen LogP) is 2.18. The number of rotatable bonds is 17. The Labute approximate surface area is 222 Å². The average Bonchev–Trinajstić information content (AvgIpc) is 2.73. The van der Waals surface area contributed by atoms with Crippen molar-refractivity contribution >= 4 is 75.7 Å². The van der Waals surface area contributed by atoms with Crippen LogP contribution in [0, 0.1) is 0 Å². The first-order valence-corrected chi connectivity index (χ1v) is 16.7. The molecule has 10 heteroatoms. The van der Waals surface area contributed by atoms with Crippen LogP contribution >= 0.6 is 35.3 Å². The number of carboxylic acid groups (broad SMARTS) is 3. The SMILES string of the molecule is CCCCSCC(=O)[O-].CCCCSCC(=O)[O-].CCCCSCC(=O)[O-].CCC[CH2][Sn+3]. The summed E-state index contributed by atoms with van der Waals surface area (Å²) in [4.78, 5) is 29.5. The Morgan fingerprint density at radius 3 is 0.938 bits per heavy atom. The third kappa shape index (κ3) is 63.1. The zero-order chi connectivity index (χ0) is 25.5. The van der Waals surface area contributed by atoms with E-state index in [2.05, 4.69) is 27.7 Å². The quantitative estimate of drug-likeness (QED) is 0.179. The van der Waals surface area contributed by atoms with Crippen molar-refractivity contribution in [2.24, 2.45) is 0 Å². The molecule has 0 aromatic carbocycles. The van der Waals surface area contributed by atoms with Gasteiger partial charge in [-0.25, -0.2) is 0 Å². The molecule has 0 aliphatic heterocycles. The second-order valence-corrected chi connectivity index (χ2v) is 11.2. The molecule has 0 fully saturated rings. The van der Waals surface area contributed by atoms with Crippen LogP contribution in [0.15, 0.2) is 0 Å². The summed E-state index contributed by atoms with van der Waals surface area (Å²) in [6.45, 7) is 8.47. The Balaban J connectivity index is -0.000000167. The fraction of sp³-hybridized carbons (Fsp3) is 0.864. The van der Waals surface area contributed by atoms with Gasteiger partial charge >= 0.3 is 46.7 Å². The van der Waals surface area contributed by atoms with Crippen LogP contribution in [0.2, 0.25) is 4.44 Å². The van der Waals surface area contributed by atoms with Crippen LogP contribution in [-0.2, 0) is 14.4 Å². The number of carbonyl (C=O) groups is 3. The number of carboxylic acids is 3. The number of hydrogen-bond acceptors (Lipinski definition) is 9. The van der Waals surface area contributed by atoms with Gasteiger partial charge in [0.1, 0.15) is 0 Å². The first kappa shape index (κ1) is 39.5.